The van der Waals surface area contributed by atoms with Crippen molar-refractivity contribution < 1.29 is 23.6 Å². The summed E-state index contributed by atoms with van der Waals surface area (Å²) >= 11 is 0. The Balaban J connectivity index is 1.30. The number of benzene rings is 2. The van der Waals surface area contributed by atoms with Gasteiger partial charge >= 0.3 is 6.09 Å². The molecule has 0 aliphatic carbocycles. The zero-order chi connectivity index (χ0) is 23.3. The maximum Gasteiger partial charge on any atom is 0.416 e. The van der Waals surface area contributed by atoms with E-state index in [9.17, 15) is 9.59 Å². The van der Waals surface area contributed by atoms with Crippen molar-refractivity contribution in [1.29, 1.82) is 0 Å². The predicted octanol–water partition coefficient (Wildman–Crippen LogP) is 2.41. The highest BCUT2D eigenvalue weighted by Gasteiger charge is 2.28. The van der Waals surface area contributed by atoms with E-state index in [2.05, 4.69) is 25.7 Å². The van der Waals surface area contributed by atoms with E-state index in [0.717, 1.165) is 24.2 Å². The van der Waals surface area contributed by atoms with Gasteiger partial charge in [-0.25, -0.2) is 9.79 Å². The Kier molecular flexibility index (Phi) is 6.32. The molecule has 34 heavy (non-hydrogen) atoms. The number of hydrogen-bond donors (Lipinski definition) is 2. The highest BCUT2D eigenvalue weighted by Crippen LogP contribution is 2.24. The first-order valence-electron chi connectivity index (χ1n) is 10.9. The molecule has 10 nitrogen and oxygen atoms in total. The second-order valence-corrected chi connectivity index (χ2v) is 7.83. The molecule has 2 aromatic carbocycles. The normalized spacial score (nSPS) is 18.3. The topological polar surface area (TPSA) is 118 Å². The van der Waals surface area contributed by atoms with Crippen LogP contribution in [0.3, 0.4) is 0 Å². The number of ether oxygens (including phenoxy) is 2. The lowest BCUT2D eigenvalue weighted by atomic mass is 10.0. The van der Waals surface area contributed by atoms with E-state index in [0.29, 0.717) is 36.9 Å². The fraction of sp³-hybridized carbons (Fsp3) is 0.250. The number of morpholine rings is 1. The monoisotopic (exact) mass is 461 g/mol. The summed E-state index contributed by atoms with van der Waals surface area (Å²) in [7, 11) is 0. The molecule has 0 unspecified atom stereocenters. The minimum absolute atomic E-state index is 0.00494. The highest BCUT2D eigenvalue weighted by atomic mass is 16.6. The van der Waals surface area contributed by atoms with E-state index in [-0.39, 0.29) is 5.88 Å². The van der Waals surface area contributed by atoms with Gasteiger partial charge in [-0.05, 0) is 11.2 Å². The van der Waals surface area contributed by atoms with Crippen molar-refractivity contribution in [3.63, 3.8) is 0 Å². The van der Waals surface area contributed by atoms with Crippen LogP contribution >= 0.6 is 0 Å². The number of carbonyl (C=O) groups excluding carboxylic acids is 2. The number of amides is 2. The van der Waals surface area contributed by atoms with Crippen molar-refractivity contribution >= 4 is 23.4 Å². The zero-order valence-electron chi connectivity index (χ0n) is 18.3. The largest absolute Gasteiger partial charge is 0.416 e. The van der Waals surface area contributed by atoms with Crippen LogP contribution in [-0.2, 0) is 16.1 Å². The first-order chi connectivity index (χ1) is 16.7. The molecule has 10 heteroatoms. The third kappa shape index (κ3) is 4.98. The minimum Gasteiger partial charge on any atom is -0.388 e. The molecule has 174 valence electrons. The van der Waals surface area contributed by atoms with Crippen LogP contribution in [0.25, 0.3) is 0 Å². The molecule has 3 heterocycles. The van der Waals surface area contributed by atoms with Gasteiger partial charge in [-0.2, -0.15) is 0 Å². The number of carbonyl (C=O) groups is 2. The number of rotatable bonds is 5. The Morgan fingerprint density at radius 2 is 1.88 bits per heavy atom. The smallest absolute Gasteiger partial charge is 0.388 e. The molecule has 2 amide bonds. The fourth-order valence-corrected chi connectivity index (χ4v) is 3.81. The Labute approximate surface area is 195 Å². The van der Waals surface area contributed by atoms with Crippen LogP contribution in [0.15, 0.2) is 70.2 Å². The third-order valence-corrected chi connectivity index (χ3v) is 5.47. The molecule has 5 rings (SSSR count). The van der Waals surface area contributed by atoms with Crippen LogP contribution in [0.4, 0.5) is 10.5 Å². The maximum absolute atomic E-state index is 12.8. The van der Waals surface area contributed by atoms with Gasteiger partial charge in [0.2, 0.25) is 6.17 Å². The summed E-state index contributed by atoms with van der Waals surface area (Å²) in [4.78, 5) is 32.1. The molecule has 3 aromatic rings. The molecule has 2 N–H and O–H groups in total. The standard InChI is InChI=1S/C24H23N5O5/c30-23-22(26-21(16-6-2-1-3-7-16)18-8-4-5-9-19(18)25-23)27-24(31)33-20-14-17(34-28-20)15-29-10-12-32-13-11-29/h1-9,14,22H,10-13,15H2,(H,25,30)(H,27,31)/t22-/m1/s1. The molecule has 1 atom stereocenters. The van der Waals surface area contributed by atoms with Crippen molar-refractivity contribution in [2.75, 3.05) is 31.6 Å². The van der Waals surface area contributed by atoms with Crippen LogP contribution in [0.2, 0.25) is 0 Å². The van der Waals surface area contributed by atoms with Gasteiger partial charge in [-0.15, -0.1) is 0 Å². The van der Waals surface area contributed by atoms with Crippen LogP contribution in [0.1, 0.15) is 16.9 Å². The van der Waals surface area contributed by atoms with E-state index >= 15 is 0 Å². The Morgan fingerprint density at radius 3 is 2.71 bits per heavy atom. The molecule has 1 saturated heterocycles. The van der Waals surface area contributed by atoms with E-state index in [1.807, 2.05) is 48.5 Å². The number of fused-ring (bicyclic) bond motifs is 1. The number of aliphatic imine (C=N–C) groups is 1. The first-order valence-corrected chi connectivity index (χ1v) is 10.9. The van der Waals surface area contributed by atoms with Crippen molar-refractivity contribution in [3.05, 3.63) is 77.6 Å². The lowest BCUT2D eigenvalue weighted by molar-refractivity contribution is -0.117. The Hall–Kier alpha value is -4.02. The van der Waals surface area contributed by atoms with Gasteiger partial charge in [0.15, 0.2) is 5.76 Å². The predicted molar refractivity (Wildman–Crippen MR) is 123 cm³/mol. The average Bonchev–Trinajstić information content (AvgIpc) is 3.23. The molecular formula is C24H23N5O5. The maximum atomic E-state index is 12.8. The summed E-state index contributed by atoms with van der Waals surface area (Å²) in [6.07, 6.45) is -2.07. The van der Waals surface area contributed by atoms with Crippen molar-refractivity contribution in [2.24, 2.45) is 4.99 Å². The quantitative estimate of drug-likeness (QED) is 0.599. The molecule has 2 aliphatic heterocycles. The van der Waals surface area contributed by atoms with Gasteiger partial charge in [-0.3, -0.25) is 15.0 Å². The summed E-state index contributed by atoms with van der Waals surface area (Å²) in [5, 5.41) is 9.13. The molecular weight excluding hydrogens is 438 g/mol. The number of hydrogen-bond acceptors (Lipinski definition) is 8. The Morgan fingerprint density at radius 1 is 1.12 bits per heavy atom. The van der Waals surface area contributed by atoms with Gasteiger partial charge in [0, 0.05) is 30.3 Å². The summed E-state index contributed by atoms with van der Waals surface area (Å²) < 4.78 is 15.9. The summed E-state index contributed by atoms with van der Waals surface area (Å²) in [5.74, 6) is 0.0885. The first kappa shape index (κ1) is 21.8. The molecule has 1 aromatic heterocycles. The number of nitrogens with zero attached hydrogens (tertiary/aromatic N) is 3. The van der Waals surface area contributed by atoms with E-state index < -0.39 is 18.2 Å². The molecule has 0 radical (unpaired) electrons. The number of para-hydroxylation sites is 1. The molecule has 0 bridgehead atoms. The Bertz CT molecular complexity index is 1200. The summed E-state index contributed by atoms with van der Waals surface area (Å²) in [6.45, 7) is 3.45. The van der Waals surface area contributed by atoms with Crippen LogP contribution in [0.5, 0.6) is 5.88 Å². The summed E-state index contributed by atoms with van der Waals surface area (Å²) in [5.41, 5.74) is 2.76. The lowest BCUT2D eigenvalue weighted by Gasteiger charge is -2.25. The van der Waals surface area contributed by atoms with Crippen molar-refractivity contribution in [3.8, 4) is 5.88 Å². The number of anilines is 1. The number of benzodiazepines with no additional fused rings is 1. The van der Waals surface area contributed by atoms with E-state index in [4.69, 9.17) is 14.0 Å². The van der Waals surface area contributed by atoms with E-state index in [1.165, 1.54) is 0 Å². The summed E-state index contributed by atoms with van der Waals surface area (Å²) in [6, 6.07) is 18.4. The SMILES string of the molecule is O=C(N[C@H]1N=C(c2ccccc2)c2ccccc2NC1=O)Oc1cc(CN2CCOCC2)on1. The van der Waals surface area contributed by atoms with Crippen LogP contribution < -0.4 is 15.4 Å². The van der Waals surface area contributed by atoms with E-state index in [1.54, 1.807) is 12.1 Å². The van der Waals surface area contributed by atoms with Gasteiger partial charge in [0.05, 0.1) is 31.2 Å². The molecule has 1 fully saturated rings. The minimum atomic E-state index is -1.20. The third-order valence-electron chi connectivity index (χ3n) is 5.47. The van der Waals surface area contributed by atoms with Gasteiger partial charge in [0.25, 0.3) is 11.8 Å². The highest BCUT2D eigenvalue weighted by molar-refractivity contribution is 6.19. The average molecular weight is 461 g/mol. The second-order valence-electron chi connectivity index (χ2n) is 7.83. The van der Waals surface area contributed by atoms with Gasteiger partial charge in [-0.1, -0.05) is 48.5 Å². The number of aromatic nitrogens is 1. The van der Waals surface area contributed by atoms with Crippen LogP contribution in [0, 0.1) is 0 Å². The molecule has 0 spiro atoms. The van der Waals surface area contributed by atoms with Crippen molar-refractivity contribution in [2.45, 2.75) is 12.7 Å². The van der Waals surface area contributed by atoms with Crippen LogP contribution in [-0.4, -0.2) is 60.2 Å². The van der Waals surface area contributed by atoms with Gasteiger partial charge in [0.1, 0.15) is 0 Å². The second kappa shape index (κ2) is 9.86. The van der Waals surface area contributed by atoms with Gasteiger partial charge < -0.3 is 19.3 Å². The molecule has 2 aliphatic rings. The zero-order valence-corrected chi connectivity index (χ0v) is 18.3. The van der Waals surface area contributed by atoms with Crippen molar-refractivity contribution in [1.82, 2.24) is 15.4 Å². The fourth-order valence-electron chi connectivity index (χ4n) is 3.81. The lowest BCUT2D eigenvalue weighted by Crippen LogP contribution is -2.43. The number of nitrogens with one attached hydrogen (secondary N) is 2. The molecule has 0 saturated carbocycles.